The number of nitrogens with one attached hydrogen (secondary N) is 1. The van der Waals surface area contributed by atoms with Gasteiger partial charge < -0.3 is 10.1 Å². The molecule has 1 saturated heterocycles. The Kier molecular flexibility index (Phi) is 8.52. The molecule has 1 aromatic heterocycles. The van der Waals surface area contributed by atoms with E-state index in [4.69, 9.17) is 4.74 Å². The molecule has 8 nitrogen and oxygen atoms in total. The van der Waals surface area contributed by atoms with Crippen molar-refractivity contribution in [1.29, 1.82) is 0 Å². The highest BCUT2D eigenvalue weighted by atomic mass is 32.2. The molecule has 2 aromatic carbocycles. The normalized spacial score (nSPS) is 14.6. The summed E-state index contributed by atoms with van der Waals surface area (Å²) in [5, 5.41) is 4.18. The van der Waals surface area contributed by atoms with Gasteiger partial charge in [0.25, 0.3) is 10.0 Å². The van der Waals surface area contributed by atoms with E-state index in [0.717, 1.165) is 34.6 Å². The van der Waals surface area contributed by atoms with Gasteiger partial charge in [-0.3, -0.25) is 4.90 Å². The number of alkyl halides is 1. The van der Waals surface area contributed by atoms with Crippen molar-refractivity contribution >= 4 is 39.0 Å². The smallest absolute Gasteiger partial charge is 0.430 e. The van der Waals surface area contributed by atoms with Crippen molar-refractivity contribution in [2.45, 2.75) is 50.4 Å². The van der Waals surface area contributed by atoms with Crippen LogP contribution in [0.1, 0.15) is 31.9 Å². The summed E-state index contributed by atoms with van der Waals surface area (Å²) in [6.07, 6.45) is -1.44. The monoisotopic (exact) mass is 582 g/mol. The van der Waals surface area contributed by atoms with Gasteiger partial charge in [0.2, 0.25) is 0 Å². The highest BCUT2D eigenvalue weighted by Crippen LogP contribution is 2.31. The number of aromatic nitrogens is 1. The van der Waals surface area contributed by atoms with Crippen LogP contribution >= 0.6 is 11.3 Å². The molecule has 1 aliphatic heterocycles. The SMILES string of the molecule is CC(C)(C)OC(=O)N(c1cscn1)S(=O)(=O)c1c(F)cc(NCc2ccccc2CCN2CC(F)C2)cc1F. The molecule has 1 N–H and O–H groups in total. The van der Waals surface area contributed by atoms with Crippen molar-refractivity contribution in [3.63, 3.8) is 0 Å². The first kappa shape index (κ1) is 28.8. The number of amides is 1. The van der Waals surface area contributed by atoms with Crippen LogP contribution < -0.4 is 9.62 Å². The van der Waals surface area contributed by atoms with E-state index in [0.29, 0.717) is 26.1 Å². The zero-order valence-electron chi connectivity index (χ0n) is 21.7. The van der Waals surface area contributed by atoms with Crippen LogP contribution in [0.15, 0.2) is 52.2 Å². The summed E-state index contributed by atoms with van der Waals surface area (Å²) in [5.74, 6) is -3.10. The molecule has 1 fully saturated rings. The molecular formula is C26H29F3N4O4S2. The average molecular weight is 583 g/mol. The minimum absolute atomic E-state index is 0.0132. The number of thiazole rings is 1. The molecule has 1 amide bonds. The average Bonchev–Trinajstić information content (AvgIpc) is 3.32. The van der Waals surface area contributed by atoms with Gasteiger partial charge in [-0.25, -0.2) is 31.4 Å². The van der Waals surface area contributed by atoms with Gasteiger partial charge in [-0.05, 0) is 50.5 Å². The topological polar surface area (TPSA) is 91.8 Å². The molecule has 2 heterocycles. The Balaban J connectivity index is 1.55. The lowest BCUT2D eigenvalue weighted by Crippen LogP contribution is -2.48. The second-order valence-electron chi connectivity index (χ2n) is 10.1. The fraction of sp³-hybridized carbons (Fsp3) is 0.385. The van der Waals surface area contributed by atoms with Crippen molar-refractivity contribution in [2.24, 2.45) is 0 Å². The molecule has 4 rings (SSSR count). The number of benzene rings is 2. The fourth-order valence-corrected chi connectivity index (χ4v) is 6.02. The van der Waals surface area contributed by atoms with E-state index in [1.807, 2.05) is 29.2 Å². The molecule has 0 bridgehead atoms. The van der Waals surface area contributed by atoms with Crippen LogP contribution in [0.2, 0.25) is 0 Å². The third-order valence-corrected chi connectivity index (χ3v) is 8.19. The molecule has 39 heavy (non-hydrogen) atoms. The van der Waals surface area contributed by atoms with E-state index in [9.17, 15) is 17.6 Å². The molecule has 0 radical (unpaired) electrons. The third kappa shape index (κ3) is 6.89. The predicted octanol–water partition coefficient (Wildman–Crippen LogP) is 5.36. The molecule has 210 valence electrons. The maximum absolute atomic E-state index is 15.2. The van der Waals surface area contributed by atoms with Gasteiger partial charge in [0.05, 0.1) is 5.51 Å². The minimum Gasteiger partial charge on any atom is -0.443 e. The molecular weight excluding hydrogens is 553 g/mol. The second-order valence-corrected chi connectivity index (χ2v) is 12.5. The molecule has 1 aliphatic rings. The number of rotatable bonds is 9. The summed E-state index contributed by atoms with van der Waals surface area (Å²) < 4.78 is 75.6. The molecule has 3 aromatic rings. The Morgan fingerprint density at radius 3 is 2.38 bits per heavy atom. The van der Waals surface area contributed by atoms with Gasteiger partial charge in [0.15, 0.2) is 10.7 Å². The molecule has 0 unspecified atom stereocenters. The Morgan fingerprint density at radius 2 is 1.82 bits per heavy atom. The maximum Gasteiger partial charge on any atom is 0.430 e. The van der Waals surface area contributed by atoms with Crippen molar-refractivity contribution in [3.8, 4) is 0 Å². The number of nitrogens with zero attached hydrogens (tertiary/aromatic N) is 3. The van der Waals surface area contributed by atoms with Crippen molar-refractivity contribution in [1.82, 2.24) is 9.88 Å². The number of carbonyl (C=O) groups is 1. The van der Waals surface area contributed by atoms with Gasteiger partial charge in [0.1, 0.15) is 23.4 Å². The van der Waals surface area contributed by atoms with E-state index < -0.39 is 44.4 Å². The lowest BCUT2D eigenvalue weighted by molar-refractivity contribution is 0.0608. The first-order valence-corrected chi connectivity index (χ1v) is 14.6. The Labute approximate surface area is 229 Å². The molecule has 0 aliphatic carbocycles. The highest BCUT2D eigenvalue weighted by molar-refractivity contribution is 7.93. The minimum atomic E-state index is -5.07. The van der Waals surface area contributed by atoms with Gasteiger partial charge in [0, 0.05) is 37.2 Å². The standard InChI is InChI=1S/C26H29F3N4O4S2/c1-26(2,3)37-25(34)33(23-15-38-16-31-23)39(35,36)24-21(28)10-20(11-22(24)29)30-12-18-7-5-4-6-17(18)8-9-32-13-19(27)14-32/h4-7,10-11,15-16,19,30H,8-9,12-14H2,1-3H3. The van der Waals surface area contributed by atoms with Gasteiger partial charge in [-0.15, -0.1) is 15.6 Å². The number of hydrogen-bond acceptors (Lipinski definition) is 8. The van der Waals surface area contributed by atoms with E-state index in [-0.39, 0.29) is 22.4 Å². The molecule has 0 saturated carbocycles. The van der Waals surface area contributed by atoms with Crippen molar-refractivity contribution in [2.75, 3.05) is 29.3 Å². The van der Waals surface area contributed by atoms with Crippen LogP contribution in [-0.4, -0.2) is 55.8 Å². The van der Waals surface area contributed by atoms with Crippen LogP contribution in [0, 0.1) is 11.6 Å². The number of likely N-dealkylation sites (tertiary alicyclic amines) is 1. The number of hydrogen-bond donors (Lipinski definition) is 1. The quantitative estimate of drug-likeness (QED) is 0.363. The second kappa shape index (κ2) is 11.5. The lowest BCUT2D eigenvalue weighted by Gasteiger charge is -2.34. The lowest BCUT2D eigenvalue weighted by atomic mass is 10.0. The van der Waals surface area contributed by atoms with E-state index >= 15 is 8.78 Å². The van der Waals surface area contributed by atoms with E-state index in [2.05, 4.69) is 10.3 Å². The Morgan fingerprint density at radius 1 is 1.18 bits per heavy atom. The molecule has 13 heteroatoms. The number of sulfonamides is 1. The van der Waals surface area contributed by atoms with Crippen LogP contribution in [0.5, 0.6) is 0 Å². The number of halogens is 3. The summed E-state index contributed by atoms with van der Waals surface area (Å²) >= 11 is 0.999. The van der Waals surface area contributed by atoms with Gasteiger partial charge in [-0.2, -0.15) is 0 Å². The van der Waals surface area contributed by atoms with Crippen molar-refractivity contribution < 1.29 is 31.1 Å². The Bertz CT molecular complexity index is 1400. The summed E-state index contributed by atoms with van der Waals surface area (Å²) in [6.45, 7) is 6.34. The summed E-state index contributed by atoms with van der Waals surface area (Å²) in [7, 11) is -5.07. The van der Waals surface area contributed by atoms with E-state index in [1.165, 1.54) is 31.7 Å². The van der Waals surface area contributed by atoms with E-state index in [1.54, 1.807) is 0 Å². The first-order chi connectivity index (χ1) is 18.3. The largest absolute Gasteiger partial charge is 0.443 e. The molecule has 0 spiro atoms. The number of ether oxygens (including phenoxy) is 1. The third-order valence-electron chi connectivity index (χ3n) is 5.89. The zero-order chi connectivity index (χ0) is 28.4. The summed E-state index contributed by atoms with van der Waals surface area (Å²) in [5.41, 5.74) is 2.10. The number of anilines is 2. The van der Waals surface area contributed by atoms with Crippen LogP contribution in [0.25, 0.3) is 0 Å². The van der Waals surface area contributed by atoms with Crippen molar-refractivity contribution in [3.05, 3.63) is 70.1 Å². The van der Waals surface area contributed by atoms with Crippen LogP contribution in [-0.2, 0) is 27.7 Å². The van der Waals surface area contributed by atoms with Gasteiger partial charge >= 0.3 is 6.09 Å². The first-order valence-electron chi connectivity index (χ1n) is 12.2. The maximum atomic E-state index is 15.2. The Hall–Kier alpha value is -3.16. The zero-order valence-corrected chi connectivity index (χ0v) is 23.3. The highest BCUT2D eigenvalue weighted by Gasteiger charge is 2.39. The van der Waals surface area contributed by atoms with Gasteiger partial charge in [-0.1, -0.05) is 24.3 Å². The molecule has 0 atom stereocenters. The van der Waals surface area contributed by atoms with Crippen LogP contribution in [0.3, 0.4) is 0 Å². The predicted molar refractivity (Wildman–Crippen MR) is 143 cm³/mol. The summed E-state index contributed by atoms with van der Waals surface area (Å²) in [6, 6.07) is 9.23. The number of carbonyl (C=O) groups excluding carboxylic acids is 1. The van der Waals surface area contributed by atoms with Crippen LogP contribution in [0.4, 0.5) is 29.5 Å². The summed E-state index contributed by atoms with van der Waals surface area (Å²) in [4.78, 5) is 17.3. The fourth-order valence-electron chi connectivity index (χ4n) is 4.06.